The highest BCUT2D eigenvalue weighted by atomic mass is 32.2. The number of thioether (sulfide) groups is 1. The van der Waals surface area contributed by atoms with Crippen LogP contribution in [0.3, 0.4) is 0 Å². The molecule has 4 nitrogen and oxygen atoms in total. The van der Waals surface area contributed by atoms with Gasteiger partial charge in [0.15, 0.2) is 0 Å². The van der Waals surface area contributed by atoms with Gasteiger partial charge in [-0.1, -0.05) is 26.0 Å². The summed E-state index contributed by atoms with van der Waals surface area (Å²) in [5.74, 6) is 0.873. The molecular weight excluding hydrogens is 330 g/mol. The lowest BCUT2D eigenvalue weighted by Crippen LogP contribution is -2.40. The Balaban J connectivity index is 1.46. The number of likely N-dealkylation sites (tertiary alicyclic amines) is 1. The monoisotopic (exact) mass is 357 g/mol. The standard InChI is InChI=1S/C20H27N3OS/c1-16(2)25-19-6-4-17(5-7-19)14-20(24)22-12-8-18(9-13-22)15-23-11-3-10-21-23/h3-7,10-11,16,18H,8-9,12-15H2,1-2H3. The largest absolute Gasteiger partial charge is 0.342 e. The number of hydrogen-bond acceptors (Lipinski definition) is 3. The minimum absolute atomic E-state index is 0.252. The van der Waals surface area contributed by atoms with Crippen LogP contribution in [-0.4, -0.2) is 38.9 Å². The van der Waals surface area contributed by atoms with Crippen molar-refractivity contribution in [3.05, 3.63) is 48.3 Å². The first-order valence-corrected chi connectivity index (χ1v) is 9.99. The third-order valence-electron chi connectivity index (χ3n) is 4.62. The van der Waals surface area contributed by atoms with E-state index in [2.05, 4.69) is 43.2 Å². The molecule has 1 fully saturated rings. The number of hydrogen-bond donors (Lipinski definition) is 0. The van der Waals surface area contributed by atoms with Crippen LogP contribution in [0.15, 0.2) is 47.6 Å². The topological polar surface area (TPSA) is 38.1 Å². The van der Waals surface area contributed by atoms with E-state index in [9.17, 15) is 4.79 Å². The highest BCUT2D eigenvalue weighted by molar-refractivity contribution is 7.99. The number of aromatic nitrogens is 2. The summed E-state index contributed by atoms with van der Waals surface area (Å²) in [6.45, 7) is 7.08. The first-order chi connectivity index (χ1) is 12.1. The molecular formula is C20H27N3OS. The first-order valence-electron chi connectivity index (χ1n) is 9.11. The summed E-state index contributed by atoms with van der Waals surface area (Å²) in [6, 6.07) is 10.4. The molecule has 0 saturated carbocycles. The molecule has 1 aliphatic rings. The molecule has 134 valence electrons. The van der Waals surface area contributed by atoms with Crippen LogP contribution < -0.4 is 0 Å². The van der Waals surface area contributed by atoms with E-state index in [4.69, 9.17) is 0 Å². The summed E-state index contributed by atoms with van der Waals surface area (Å²) in [6.07, 6.45) is 6.48. The van der Waals surface area contributed by atoms with Gasteiger partial charge in [0.25, 0.3) is 0 Å². The number of nitrogens with zero attached hydrogens (tertiary/aromatic N) is 3. The number of rotatable bonds is 6. The third kappa shape index (κ3) is 5.36. The number of carbonyl (C=O) groups is 1. The Morgan fingerprint density at radius 1 is 1.24 bits per heavy atom. The van der Waals surface area contributed by atoms with Gasteiger partial charge in [0.1, 0.15) is 0 Å². The van der Waals surface area contributed by atoms with Crippen molar-refractivity contribution in [3.8, 4) is 0 Å². The summed E-state index contributed by atoms with van der Waals surface area (Å²) in [7, 11) is 0. The van der Waals surface area contributed by atoms with Crippen LogP contribution in [0, 0.1) is 5.92 Å². The minimum atomic E-state index is 0.252. The van der Waals surface area contributed by atoms with Crippen molar-refractivity contribution in [1.82, 2.24) is 14.7 Å². The molecule has 0 bridgehead atoms. The fourth-order valence-electron chi connectivity index (χ4n) is 3.28. The molecule has 1 saturated heterocycles. The zero-order valence-electron chi connectivity index (χ0n) is 15.1. The molecule has 0 aliphatic carbocycles. The Morgan fingerprint density at radius 3 is 2.56 bits per heavy atom. The molecule has 2 heterocycles. The van der Waals surface area contributed by atoms with Crippen molar-refractivity contribution < 1.29 is 4.79 Å². The average Bonchev–Trinajstić information content (AvgIpc) is 3.10. The summed E-state index contributed by atoms with van der Waals surface area (Å²) < 4.78 is 2.00. The van der Waals surface area contributed by atoms with Gasteiger partial charge in [-0.15, -0.1) is 11.8 Å². The third-order valence-corrected chi connectivity index (χ3v) is 5.64. The van der Waals surface area contributed by atoms with E-state index < -0.39 is 0 Å². The van der Waals surface area contributed by atoms with E-state index in [1.807, 2.05) is 39.8 Å². The predicted molar refractivity (Wildman–Crippen MR) is 103 cm³/mol. The van der Waals surface area contributed by atoms with Crippen LogP contribution in [0.2, 0.25) is 0 Å². The molecule has 2 aromatic rings. The Labute approximate surface area is 154 Å². The smallest absolute Gasteiger partial charge is 0.226 e. The zero-order chi connectivity index (χ0) is 17.6. The fourth-order valence-corrected chi connectivity index (χ4v) is 4.12. The maximum atomic E-state index is 12.6. The van der Waals surface area contributed by atoms with Crippen molar-refractivity contribution in [1.29, 1.82) is 0 Å². The van der Waals surface area contributed by atoms with Gasteiger partial charge in [0.2, 0.25) is 5.91 Å². The lowest BCUT2D eigenvalue weighted by atomic mass is 9.96. The molecule has 1 amide bonds. The Kier molecular flexibility index (Phi) is 6.19. The van der Waals surface area contributed by atoms with Gasteiger partial charge in [-0.25, -0.2) is 0 Å². The second kappa shape index (κ2) is 8.56. The molecule has 3 rings (SSSR count). The number of piperidine rings is 1. The van der Waals surface area contributed by atoms with Crippen LogP contribution in [-0.2, 0) is 17.8 Å². The van der Waals surface area contributed by atoms with E-state index >= 15 is 0 Å². The molecule has 1 aromatic heterocycles. The molecule has 1 aromatic carbocycles. The molecule has 0 radical (unpaired) electrons. The molecule has 5 heteroatoms. The quantitative estimate of drug-likeness (QED) is 0.737. The molecule has 1 aliphatic heterocycles. The van der Waals surface area contributed by atoms with Crippen LogP contribution in [0.5, 0.6) is 0 Å². The van der Waals surface area contributed by atoms with Crippen molar-refractivity contribution in [3.63, 3.8) is 0 Å². The van der Waals surface area contributed by atoms with Gasteiger partial charge in [0, 0.05) is 42.2 Å². The van der Waals surface area contributed by atoms with E-state index in [0.29, 0.717) is 17.6 Å². The van der Waals surface area contributed by atoms with Gasteiger partial charge < -0.3 is 4.90 Å². The summed E-state index contributed by atoms with van der Waals surface area (Å²) >= 11 is 1.85. The zero-order valence-corrected chi connectivity index (χ0v) is 15.9. The molecule has 0 unspecified atom stereocenters. The van der Waals surface area contributed by atoms with Crippen molar-refractivity contribution in [2.24, 2.45) is 5.92 Å². The normalized spacial score (nSPS) is 15.7. The lowest BCUT2D eigenvalue weighted by Gasteiger charge is -2.32. The van der Waals surface area contributed by atoms with Gasteiger partial charge >= 0.3 is 0 Å². The van der Waals surface area contributed by atoms with Gasteiger partial charge in [-0.2, -0.15) is 5.10 Å². The van der Waals surface area contributed by atoms with Crippen molar-refractivity contribution in [2.75, 3.05) is 13.1 Å². The number of benzene rings is 1. The Bertz CT molecular complexity index is 659. The Hall–Kier alpha value is -1.75. The van der Waals surface area contributed by atoms with E-state index in [1.165, 1.54) is 4.90 Å². The molecule has 0 atom stereocenters. The molecule has 0 spiro atoms. The van der Waals surface area contributed by atoms with Crippen LogP contribution >= 0.6 is 11.8 Å². The lowest BCUT2D eigenvalue weighted by molar-refractivity contribution is -0.131. The maximum absolute atomic E-state index is 12.6. The molecule has 0 N–H and O–H groups in total. The van der Waals surface area contributed by atoms with Gasteiger partial charge in [-0.05, 0) is 42.5 Å². The number of carbonyl (C=O) groups excluding carboxylic acids is 1. The van der Waals surface area contributed by atoms with E-state index in [0.717, 1.165) is 38.0 Å². The minimum Gasteiger partial charge on any atom is -0.342 e. The van der Waals surface area contributed by atoms with E-state index in [-0.39, 0.29) is 5.91 Å². The second-order valence-electron chi connectivity index (χ2n) is 7.04. The van der Waals surface area contributed by atoms with Crippen LogP contribution in [0.4, 0.5) is 0 Å². The summed E-state index contributed by atoms with van der Waals surface area (Å²) in [5.41, 5.74) is 1.11. The fraction of sp³-hybridized carbons (Fsp3) is 0.500. The highest BCUT2D eigenvalue weighted by Gasteiger charge is 2.23. The van der Waals surface area contributed by atoms with E-state index in [1.54, 1.807) is 0 Å². The summed E-state index contributed by atoms with van der Waals surface area (Å²) in [4.78, 5) is 15.9. The van der Waals surface area contributed by atoms with Crippen LogP contribution in [0.1, 0.15) is 32.3 Å². The number of amides is 1. The first kappa shape index (κ1) is 18.1. The van der Waals surface area contributed by atoms with Crippen LogP contribution in [0.25, 0.3) is 0 Å². The Morgan fingerprint density at radius 2 is 1.96 bits per heavy atom. The van der Waals surface area contributed by atoms with Crippen molar-refractivity contribution in [2.45, 2.75) is 49.8 Å². The second-order valence-corrected chi connectivity index (χ2v) is 8.69. The predicted octanol–water partition coefficient (Wildman–Crippen LogP) is 3.86. The highest BCUT2D eigenvalue weighted by Crippen LogP contribution is 2.24. The SMILES string of the molecule is CC(C)Sc1ccc(CC(=O)N2CCC(Cn3cccn3)CC2)cc1. The maximum Gasteiger partial charge on any atom is 0.226 e. The average molecular weight is 358 g/mol. The van der Waals surface area contributed by atoms with Crippen molar-refractivity contribution >= 4 is 17.7 Å². The molecule has 25 heavy (non-hydrogen) atoms. The summed E-state index contributed by atoms with van der Waals surface area (Å²) in [5, 5.41) is 4.86. The van der Waals surface area contributed by atoms with Gasteiger partial charge in [0.05, 0.1) is 6.42 Å². The van der Waals surface area contributed by atoms with Gasteiger partial charge in [-0.3, -0.25) is 9.48 Å².